The molecule has 2 aliphatic rings. The van der Waals surface area contributed by atoms with Crippen molar-refractivity contribution < 1.29 is 0 Å². The van der Waals surface area contributed by atoms with Crippen molar-refractivity contribution in [2.75, 3.05) is 6.54 Å². The van der Waals surface area contributed by atoms with Crippen molar-refractivity contribution in [2.24, 2.45) is 15.0 Å². The van der Waals surface area contributed by atoms with Gasteiger partial charge in [-0.1, -0.05) is 18.7 Å². The first-order valence-electron chi connectivity index (χ1n) is 5.73. The van der Waals surface area contributed by atoms with Crippen LogP contribution >= 0.6 is 11.8 Å². The smallest absolute Gasteiger partial charge is 0.178 e. The summed E-state index contributed by atoms with van der Waals surface area (Å²) in [5.74, 6) is 2.85. The SMILES string of the molecule is C=C1N=c2ncccc2=NCC2=C(N=C=CC=C2)S1. The Bertz CT molecular complexity index is 780. The van der Waals surface area contributed by atoms with Crippen molar-refractivity contribution in [3.63, 3.8) is 0 Å². The van der Waals surface area contributed by atoms with Crippen LogP contribution in [0, 0.1) is 0 Å². The zero-order chi connectivity index (χ0) is 13.1. The van der Waals surface area contributed by atoms with E-state index in [1.54, 1.807) is 12.3 Å². The number of pyridine rings is 1. The maximum Gasteiger partial charge on any atom is 0.178 e. The molecule has 0 saturated carbocycles. The van der Waals surface area contributed by atoms with Crippen LogP contribution in [0.4, 0.5) is 0 Å². The summed E-state index contributed by atoms with van der Waals surface area (Å²) in [6.07, 6.45) is 7.37. The van der Waals surface area contributed by atoms with Crippen molar-refractivity contribution >= 4 is 17.6 Å². The quantitative estimate of drug-likeness (QED) is 0.715. The highest BCUT2D eigenvalue weighted by atomic mass is 32.2. The number of allylic oxidation sites excluding steroid dienone is 2. The van der Waals surface area contributed by atoms with E-state index in [0.717, 1.165) is 16.0 Å². The van der Waals surface area contributed by atoms with Crippen molar-refractivity contribution in [1.82, 2.24) is 4.98 Å². The zero-order valence-corrected chi connectivity index (χ0v) is 10.9. The molecule has 0 atom stereocenters. The second-order valence-electron chi connectivity index (χ2n) is 3.87. The topological polar surface area (TPSA) is 50.0 Å². The number of aromatic nitrogens is 1. The lowest BCUT2D eigenvalue weighted by molar-refractivity contribution is 1.02. The molecule has 0 bridgehead atoms. The molecule has 4 nitrogen and oxygen atoms in total. The molecule has 0 unspecified atom stereocenters. The summed E-state index contributed by atoms with van der Waals surface area (Å²) >= 11 is 1.41. The molecule has 3 rings (SSSR count). The Kier molecular flexibility index (Phi) is 3.23. The van der Waals surface area contributed by atoms with Crippen molar-refractivity contribution in [3.8, 4) is 0 Å². The highest BCUT2D eigenvalue weighted by molar-refractivity contribution is 8.06. The van der Waals surface area contributed by atoms with Gasteiger partial charge in [0.15, 0.2) is 5.49 Å². The van der Waals surface area contributed by atoms with Crippen LogP contribution in [0.1, 0.15) is 0 Å². The zero-order valence-electron chi connectivity index (χ0n) is 10.1. The summed E-state index contributed by atoms with van der Waals surface area (Å²) in [5, 5.41) is 2.24. The molecule has 0 aliphatic carbocycles. The Morgan fingerprint density at radius 2 is 2.32 bits per heavy atom. The third-order valence-corrected chi connectivity index (χ3v) is 3.41. The molecule has 0 saturated heterocycles. The van der Waals surface area contributed by atoms with E-state index in [-0.39, 0.29) is 0 Å². The molecule has 3 heterocycles. The molecular weight excluding hydrogens is 256 g/mol. The average Bonchev–Trinajstić information content (AvgIpc) is 2.59. The Hall–Kier alpha value is -2.23. The molecule has 0 aromatic carbocycles. The van der Waals surface area contributed by atoms with Crippen LogP contribution in [0.15, 0.2) is 73.7 Å². The Morgan fingerprint density at radius 1 is 1.37 bits per heavy atom. The minimum Gasteiger partial charge on any atom is -0.277 e. The number of fused-ring (bicyclic) bond motifs is 1. The van der Waals surface area contributed by atoms with Crippen molar-refractivity contribution in [2.45, 2.75) is 0 Å². The minimum absolute atomic E-state index is 0.541. The van der Waals surface area contributed by atoms with Gasteiger partial charge in [-0.25, -0.2) is 9.98 Å². The third kappa shape index (κ3) is 2.62. The van der Waals surface area contributed by atoms with Gasteiger partial charge in [0, 0.05) is 11.8 Å². The maximum atomic E-state index is 4.55. The molecular formula is C14H10N4S. The van der Waals surface area contributed by atoms with Gasteiger partial charge in [-0.05, 0) is 35.8 Å². The van der Waals surface area contributed by atoms with Crippen molar-refractivity contribution in [3.05, 3.63) is 69.6 Å². The van der Waals surface area contributed by atoms with E-state index in [9.17, 15) is 0 Å². The van der Waals surface area contributed by atoms with Gasteiger partial charge in [0.05, 0.1) is 11.6 Å². The molecule has 0 N–H and O–H groups in total. The van der Waals surface area contributed by atoms with Gasteiger partial charge in [0.1, 0.15) is 10.4 Å². The van der Waals surface area contributed by atoms with Crippen LogP contribution in [-0.2, 0) is 0 Å². The van der Waals surface area contributed by atoms with E-state index < -0.39 is 0 Å². The van der Waals surface area contributed by atoms with Gasteiger partial charge in [-0.15, -0.1) is 0 Å². The van der Waals surface area contributed by atoms with Crippen molar-refractivity contribution in [1.29, 1.82) is 0 Å². The number of hydrogen-bond donors (Lipinski definition) is 0. The highest BCUT2D eigenvalue weighted by Crippen LogP contribution is 2.29. The van der Waals surface area contributed by atoms with Gasteiger partial charge in [-0.2, -0.15) is 4.99 Å². The summed E-state index contributed by atoms with van der Waals surface area (Å²) in [4.78, 5) is 17.4. The Balaban J connectivity index is 2.18. The molecule has 2 aliphatic heterocycles. The van der Waals surface area contributed by atoms with E-state index in [2.05, 4.69) is 32.4 Å². The normalized spacial score (nSPS) is 17.4. The highest BCUT2D eigenvalue weighted by Gasteiger charge is 2.09. The van der Waals surface area contributed by atoms with Crippen LogP contribution < -0.4 is 10.8 Å². The molecule has 0 spiro atoms. The fraction of sp³-hybridized carbons (Fsp3) is 0.0714. The first kappa shape index (κ1) is 11.8. The van der Waals surface area contributed by atoms with Gasteiger partial charge < -0.3 is 0 Å². The molecule has 19 heavy (non-hydrogen) atoms. The lowest BCUT2D eigenvalue weighted by atomic mass is 10.2. The molecule has 92 valence electrons. The second kappa shape index (κ2) is 5.18. The molecule has 0 fully saturated rings. The van der Waals surface area contributed by atoms with Crippen LogP contribution in [0.25, 0.3) is 0 Å². The summed E-state index contributed by atoms with van der Waals surface area (Å²) in [5.41, 5.74) is 1.63. The van der Waals surface area contributed by atoms with Crippen LogP contribution in [-0.4, -0.2) is 17.4 Å². The Labute approximate surface area is 114 Å². The fourth-order valence-corrected chi connectivity index (χ4v) is 2.39. The third-order valence-electron chi connectivity index (χ3n) is 2.54. The van der Waals surface area contributed by atoms with Crippen LogP contribution in [0.2, 0.25) is 0 Å². The number of rotatable bonds is 0. The maximum absolute atomic E-state index is 4.55. The number of hydrogen-bond acceptors (Lipinski definition) is 5. The fourth-order valence-electron chi connectivity index (χ4n) is 1.68. The van der Waals surface area contributed by atoms with Crippen LogP contribution in [0.3, 0.4) is 0 Å². The average molecular weight is 266 g/mol. The standard InChI is InChI=1S/C14H10N4S/c1-10-18-13-12(6-4-8-15-13)17-9-11-5-2-3-7-16-14(11)19-10/h2-6,8H,1,9H2. The minimum atomic E-state index is 0.541. The first-order chi connectivity index (χ1) is 9.33. The number of aliphatic imine (C=N–C) groups is 1. The number of thioether (sulfide) groups is 1. The largest absolute Gasteiger partial charge is 0.277 e. The molecule has 1 aromatic rings. The summed E-state index contributed by atoms with van der Waals surface area (Å²) in [6, 6.07) is 3.75. The van der Waals surface area contributed by atoms with E-state index in [1.165, 1.54) is 11.8 Å². The molecule has 0 radical (unpaired) electrons. The summed E-state index contributed by atoms with van der Waals surface area (Å²) < 4.78 is 0. The lowest BCUT2D eigenvalue weighted by Crippen LogP contribution is -2.28. The van der Waals surface area contributed by atoms with E-state index in [4.69, 9.17) is 0 Å². The molecule has 0 amide bonds. The summed E-state index contributed by atoms with van der Waals surface area (Å²) in [6.45, 7) is 4.48. The Morgan fingerprint density at radius 3 is 3.26 bits per heavy atom. The first-order valence-corrected chi connectivity index (χ1v) is 6.55. The van der Waals surface area contributed by atoms with E-state index in [1.807, 2.05) is 24.3 Å². The van der Waals surface area contributed by atoms with Crippen LogP contribution in [0.5, 0.6) is 0 Å². The predicted octanol–water partition coefficient (Wildman–Crippen LogP) is 1.55. The van der Waals surface area contributed by atoms with Gasteiger partial charge in [0.25, 0.3) is 0 Å². The monoisotopic (exact) mass is 266 g/mol. The van der Waals surface area contributed by atoms with Gasteiger partial charge in [0.2, 0.25) is 0 Å². The molecule has 5 heteroatoms. The number of nitrogens with zero attached hydrogens (tertiary/aromatic N) is 4. The second-order valence-corrected chi connectivity index (χ2v) is 4.93. The predicted molar refractivity (Wildman–Crippen MR) is 76.3 cm³/mol. The lowest BCUT2D eigenvalue weighted by Gasteiger charge is -2.02. The summed E-state index contributed by atoms with van der Waals surface area (Å²) in [7, 11) is 0. The van der Waals surface area contributed by atoms with Gasteiger partial charge >= 0.3 is 0 Å². The van der Waals surface area contributed by atoms with Gasteiger partial charge in [-0.3, -0.25) is 4.99 Å². The molecule has 1 aromatic heterocycles. The van der Waals surface area contributed by atoms with E-state index in [0.29, 0.717) is 17.1 Å². The van der Waals surface area contributed by atoms with E-state index >= 15 is 0 Å².